The SMILES string of the molecule is C=CCOc1c(Br)cc(C2C3=C(CCCC3=O)OC3=C2C(=O)CCC3)cc1OCC. The summed E-state index contributed by atoms with van der Waals surface area (Å²) in [5, 5.41) is 0. The summed E-state index contributed by atoms with van der Waals surface area (Å²) >= 11 is 3.60. The quantitative estimate of drug-likeness (QED) is 0.508. The first kappa shape index (κ1) is 20.9. The maximum atomic E-state index is 12.9. The smallest absolute Gasteiger partial charge is 0.175 e. The Morgan fingerprint density at radius 3 is 2.27 bits per heavy atom. The topological polar surface area (TPSA) is 61.8 Å². The zero-order valence-electron chi connectivity index (χ0n) is 17.1. The van der Waals surface area contributed by atoms with E-state index in [9.17, 15) is 9.59 Å². The third-order valence-corrected chi connectivity index (χ3v) is 6.24. The monoisotopic (exact) mass is 472 g/mol. The van der Waals surface area contributed by atoms with Crippen LogP contribution in [0.1, 0.15) is 56.9 Å². The van der Waals surface area contributed by atoms with Crippen LogP contribution >= 0.6 is 15.9 Å². The first-order chi connectivity index (χ1) is 14.5. The van der Waals surface area contributed by atoms with Gasteiger partial charge in [-0.25, -0.2) is 0 Å². The molecular formula is C24H25BrO5. The standard InChI is InChI=1S/C24H25BrO5/c1-3-11-29-24-15(25)12-14(13-20(24)28-4-2)21-22-16(26)7-5-9-18(22)30-19-10-6-8-17(27)23(19)21/h3,12-13,21H,1,4-11H2,2H3. The zero-order chi connectivity index (χ0) is 21.3. The van der Waals surface area contributed by atoms with Crippen LogP contribution in [0.25, 0.3) is 0 Å². The largest absolute Gasteiger partial charge is 0.490 e. The summed E-state index contributed by atoms with van der Waals surface area (Å²) in [4.78, 5) is 25.9. The fraction of sp³-hybridized carbons (Fsp3) is 0.417. The number of halogens is 1. The summed E-state index contributed by atoms with van der Waals surface area (Å²) in [6, 6.07) is 3.82. The van der Waals surface area contributed by atoms with Crippen molar-refractivity contribution >= 4 is 27.5 Å². The molecule has 0 N–H and O–H groups in total. The van der Waals surface area contributed by atoms with Crippen LogP contribution in [-0.4, -0.2) is 24.8 Å². The Labute approximate surface area is 184 Å². The van der Waals surface area contributed by atoms with E-state index in [4.69, 9.17) is 14.2 Å². The van der Waals surface area contributed by atoms with Gasteiger partial charge in [-0.2, -0.15) is 0 Å². The number of carbonyl (C=O) groups is 2. The van der Waals surface area contributed by atoms with Gasteiger partial charge in [0, 0.05) is 42.7 Å². The van der Waals surface area contributed by atoms with Crippen molar-refractivity contribution < 1.29 is 23.8 Å². The summed E-state index contributed by atoms with van der Waals surface area (Å²) in [7, 11) is 0. The third-order valence-electron chi connectivity index (χ3n) is 5.65. The fourth-order valence-electron chi connectivity index (χ4n) is 4.45. The van der Waals surface area contributed by atoms with Crippen molar-refractivity contribution in [3.05, 3.63) is 57.5 Å². The van der Waals surface area contributed by atoms with E-state index >= 15 is 0 Å². The van der Waals surface area contributed by atoms with Gasteiger partial charge in [-0.15, -0.1) is 0 Å². The Morgan fingerprint density at radius 1 is 1.07 bits per heavy atom. The summed E-state index contributed by atoms with van der Waals surface area (Å²) in [6.07, 6.45) is 5.65. The number of allylic oxidation sites excluding steroid dienone is 4. The van der Waals surface area contributed by atoms with E-state index in [1.54, 1.807) is 6.08 Å². The third kappa shape index (κ3) is 3.73. The number of benzene rings is 1. The molecule has 1 aliphatic heterocycles. The molecule has 158 valence electrons. The molecule has 0 amide bonds. The number of ketones is 2. The molecule has 6 heteroatoms. The summed E-state index contributed by atoms with van der Waals surface area (Å²) in [6.45, 7) is 6.41. The van der Waals surface area contributed by atoms with E-state index in [2.05, 4.69) is 22.5 Å². The van der Waals surface area contributed by atoms with Gasteiger partial charge in [0.1, 0.15) is 18.1 Å². The molecule has 1 heterocycles. The molecule has 2 aliphatic carbocycles. The summed E-state index contributed by atoms with van der Waals surface area (Å²) in [5.74, 6) is 2.32. The Kier molecular flexibility index (Phi) is 6.14. The van der Waals surface area contributed by atoms with Crippen LogP contribution in [0.3, 0.4) is 0 Å². The van der Waals surface area contributed by atoms with Gasteiger partial charge in [0.25, 0.3) is 0 Å². The van der Waals surface area contributed by atoms with Crippen LogP contribution in [0.4, 0.5) is 0 Å². The first-order valence-corrected chi connectivity index (χ1v) is 11.2. The molecule has 1 aromatic carbocycles. The molecule has 3 aliphatic rings. The van der Waals surface area contributed by atoms with Crippen LogP contribution < -0.4 is 9.47 Å². The molecule has 0 spiro atoms. The number of carbonyl (C=O) groups excluding carboxylic acids is 2. The second-order valence-corrected chi connectivity index (χ2v) is 8.48. The summed E-state index contributed by atoms with van der Waals surface area (Å²) < 4.78 is 18.5. The molecule has 0 bridgehead atoms. The van der Waals surface area contributed by atoms with Crippen molar-refractivity contribution in [3.8, 4) is 11.5 Å². The molecule has 0 fully saturated rings. The van der Waals surface area contributed by atoms with Crippen molar-refractivity contribution in [1.82, 2.24) is 0 Å². The first-order valence-electron chi connectivity index (χ1n) is 10.4. The predicted octanol–water partition coefficient (Wildman–Crippen LogP) is 5.54. The number of hydrogen-bond donors (Lipinski definition) is 0. The Hall–Kier alpha value is -2.34. The highest BCUT2D eigenvalue weighted by atomic mass is 79.9. The maximum absolute atomic E-state index is 12.9. The minimum Gasteiger partial charge on any atom is -0.490 e. The lowest BCUT2D eigenvalue weighted by atomic mass is 9.73. The van der Waals surface area contributed by atoms with Gasteiger partial charge in [-0.3, -0.25) is 9.59 Å². The highest BCUT2D eigenvalue weighted by Crippen LogP contribution is 2.50. The lowest BCUT2D eigenvalue weighted by molar-refractivity contribution is -0.117. The van der Waals surface area contributed by atoms with Gasteiger partial charge in [-0.1, -0.05) is 12.7 Å². The molecule has 0 aromatic heterocycles. The molecule has 30 heavy (non-hydrogen) atoms. The van der Waals surface area contributed by atoms with Crippen LogP contribution in [0.2, 0.25) is 0 Å². The second-order valence-electron chi connectivity index (χ2n) is 7.62. The van der Waals surface area contributed by atoms with E-state index in [0.29, 0.717) is 53.2 Å². The van der Waals surface area contributed by atoms with Crippen LogP contribution in [0, 0.1) is 0 Å². The second kappa shape index (κ2) is 8.80. The van der Waals surface area contributed by atoms with Crippen molar-refractivity contribution in [1.29, 1.82) is 0 Å². The lowest BCUT2D eigenvalue weighted by Gasteiger charge is -2.36. The van der Waals surface area contributed by atoms with E-state index in [1.165, 1.54) is 0 Å². The molecule has 0 saturated carbocycles. The van der Waals surface area contributed by atoms with Crippen molar-refractivity contribution in [2.45, 2.75) is 51.4 Å². The number of ether oxygens (including phenoxy) is 3. The molecule has 1 aromatic rings. The highest BCUT2D eigenvalue weighted by molar-refractivity contribution is 9.10. The van der Waals surface area contributed by atoms with Gasteiger partial charge in [-0.05, 0) is 53.4 Å². The molecule has 0 unspecified atom stereocenters. The molecule has 5 nitrogen and oxygen atoms in total. The van der Waals surface area contributed by atoms with Crippen LogP contribution in [-0.2, 0) is 14.3 Å². The highest BCUT2D eigenvalue weighted by Gasteiger charge is 2.42. The molecule has 0 atom stereocenters. The number of hydrogen-bond acceptors (Lipinski definition) is 5. The van der Waals surface area contributed by atoms with Crippen LogP contribution in [0.15, 0.2) is 51.9 Å². The maximum Gasteiger partial charge on any atom is 0.175 e. The van der Waals surface area contributed by atoms with Gasteiger partial charge in [0.2, 0.25) is 0 Å². The van der Waals surface area contributed by atoms with Gasteiger partial charge in [0.05, 0.1) is 11.1 Å². The Balaban J connectivity index is 1.88. The predicted molar refractivity (Wildman–Crippen MR) is 117 cm³/mol. The minimum atomic E-state index is -0.423. The van der Waals surface area contributed by atoms with Gasteiger partial charge in [0.15, 0.2) is 23.1 Å². The van der Waals surface area contributed by atoms with Crippen molar-refractivity contribution in [2.24, 2.45) is 0 Å². The number of Topliss-reactive ketones (excluding diaryl/α,β-unsaturated/α-hetero) is 2. The van der Waals surface area contributed by atoms with Crippen molar-refractivity contribution in [3.63, 3.8) is 0 Å². The molecule has 0 radical (unpaired) electrons. The normalized spacial score (nSPS) is 19.3. The number of rotatable bonds is 6. The average molecular weight is 473 g/mol. The Bertz CT molecular complexity index is 930. The van der Waals surface area contributed by atoms with Crippen molar-refractivity contribution in [2.75, 3.05) is 13.2 Å². The molecule has 4 rings (SSSR count). The zero-order valence-corrected chi connectivity index (χ0v) is 18.7. The van der Waals surface area contributed by atoms with Gasteiger partial charge >= 0.3 is 0 Å². The average Bonchev–Trinajstić information content (AvgIpc) is 2.72. The lowest BCUT2D eigenvalue weighted by Crippen LogP contribution is -2.30. The fourth-order valence-corrected chi connectivity index (χ4v) is 5.03. The Morgan fingerprint density at radius 2 is 1.70 bits per heavy atom. The van der Waals surface area contributed by atoms with E-state index in [1.807, 2.05) is 19.1 Å². The molecule has 0 saturated heterocycles. The van der Waals surface area contributed by atoms with E-state index < -0.39 is 5.92 Å². The van der Waals surface area contributed by atoms with Gasteiger partial charge < -0.3 is 14.2 Å². The van der Waals surface area contributed by atoms with E-state index in [-0.39, 0.29) is 11.6 Å². The minimum absolute atomic E-state index is 0.0623. The van der Waals surface area contributed by atoms with E-state index in [0.717, 1.165) is 42.8 Å². The summed E-state index contributed by atoms with van der Waals surface area (Å²) in [5.41, 5.74) is 2.10. The molecular weight excluding hydrogens is 448 g/mol. The van der Waals surface area contributed by atoms with Crippen LogP contribution in [0.5, 0.6) is 11.5 Å².